The number of furan rings is 1. The molecule has 0 saturated carbocycles. The third-order valence-electron chi connectivity index (χ3n) is 2.91. The van der Waals surface area contributed by atoms with Crippen molar-refractivity contribution in [2.24, 2.45) is 0 Å². The van der Waals surface area contributed by atoms with Crippen molar-refractivity contribution in [2.45, 2.75) is 20.0 Å². The summed E-state index contributed by atoms with van der Waals surface area (Å²) in [7, 11) is 0. The molecule has 1 heterocycles. The third kappa shape index (κ3) is 3.18. The summed E-state index contributed by atoms with van der Waals surface area (Å²) in [6.07, 6.45) is -4.48. The third-order valence-corrected chi connectivity index (χ3v) is 2.91. The number of nitrogen functional groups attached to an aromatic ring is 1. The van der Waals surface area contributed by atoms with E-state index in [1.54, 1.807) is 19.9 Å². The number of nitrogens with two attached hydrogens (primary N) is 1. The first-order valence-corrected chi connectivity index (χ1v) is 6.03. The molecule has 0 spiro atoms. The Morgan fingerprint density at radius 2 is 1.90 bits per heavy atom. The Bertz CT molecular complexity index is 690. The van der Waals surface area contributed by atoms with E-state index in [0.717, 1.165) is 18.2 Å². The van der Waals surface area contributed by atoms with Crippen LogP contribution in [0.2, 0.25) is 0 Å². The normalized spacial score (nSPS) is 11.5. The summed E-state index contributed by atoms with van der Waals surface area (Å²) in [5, 5.41) is 2.47. The summed E-state index contributed by atoms with van der Waals surface area (Å²) in [5.41, 5.74) is 4.95. The van der Waals surface area contributed by atoms with Crippen LogP contribution in [-0.4, -0.2) is 5.91 Å². The molecule has 0 bridgehead atoms. The molecule has 0 aliphatic carbocycles. The maximum absolute atomic E-state index is 12.5. The van der Waals surface area contributed by atoms with Crippen LogP contribution in [0.15, 0.2) is 28.7 Å². The van der Waals surface area contributed by atoms with Gasteiger partial charge in [0.2, 0.25) is 0 Å². The van der Waals surface area contributed by atoms with Crippen molar-refractivity contribution < 1.29 is 22.4 Å². The predicted octanol–water partition coefficient (Wildman–Crippen LogP) is 3.75. The van der Waals surface area contributed by atoms with E-state index in [9.17, 15) is 18.0 Å². The molecule has 0 unspecified atom stereocenters. The maximum Gasteiger partial charge on any atom is 0.416 e. The lowest BCUT2D eigenvalue weighted by atomic mass is 10.1. The standard InChI is InChI=1S/C14H13F3N2O2/c1-7-5-10(8(2)21-7)13(20)19-12-4-3-9(6-11(12)18)14(15,16)17/h3-6H,18H2,1-2H3,(H,19,20). The Morgan fingerprint density at radius 3 is 2.38 bits per heavy atom. The molecule has 2 rings (SSSR count). The first-order valence-electron chi connectivity index (χ1n) is 6.03. The van der Waals surface area contributed by atoms with Gasteiger partial charge in [-0.2, -0.15) is 13.2 Å². The highest BCUT2D eigenvalue weighted by atomic mass is 19.4. The number of hydrogen-bond acceptors (Lipinski definition) is 3. The quantitative estimate of drug-likeness (QED) is 0.830. The number of aryl methyl sites for hydroxylation is 2. The molecular weight excluding hydrogens is 285 g/mol. The number of nitrogens with one attached hydrogen (secondary N) is 1. The van der Waals surface area contributed by atoms with Crippen molar-refractivity contribution in [1.82, 2.24) is 0 Å². The average Bonchev–Trinajstić information content (AvgIpc) is 2.69. The first kappa shape index (κ1) is 15.0. The van der Waals surface area contributed by atoms with Gasteiger partial charge in [-0.3, -0.25) is 4.79 Å². The number of carbonyl (C=O) groups excluding carboxylic acids is 1. The largest absolute Gasteiger partial charge is 0.466 e. The zero-order valence-corrected chi connectivity index (χ0v) is 11.3. The second kappa shape index (κ2) is 5.16. The van der Waals surface area contributed by atoms with E-state index in [2.05, 4.69) is 5.32 Å². The number of rotatable bonds is 2. The summed E-state index contributed by atoms with van der Waals surface area (Å²) in [5.74, 6) is 0.504. The van der Waals surface area contributed by atoms with Gasteiger partial charge in [0.15, 0.2) is 0 Å². The fourth-order valence-corrected chi connectivity index (χ4v) is 1.90. The SMILES string of the molecule is Cc1cc(C(=O)Nc2ccc(C(F)(F)F)cc2N)c(C)o1. The minimum atomic E-state index is -4.48. The number of anilines is 2. The van der Waals surface area contributed by atoms with Crippen molar-refractivity contribution in [1.29, 1.82) is 0 Å². The van der Waals surface area contributed by atoms with Crippen molar-refractivity contribution >= 4 is 17.3 Å². The van der Waals surface area contributed by atoms with Gasteiger partial charge in [-0.05, 0) is 38.1 Å². The number of hydrogen-bond donors (Lipinski definition) is 2. The van der Waals surface area contributed by atoms with E-state index in [1.807, 2.05) is 0 Å². The van der Waals surface area contributed by atoms with E-state index in [-0.39, 0.29) is 11.4 Å². The zero-order valence-electron chi connectivity index (χ0n) is 11.3. The average molecular weight is 298 g/mol. The van der Waals surface area contributed by atoms with Crippen molar-refractivity contribution in [3.63, 3.8) is 0 Å². The van der Waals surface area contributed by atoms with Gasteiger partial charge < -0.3 is 15.5 Å². The summed E-state index contributed by atoms with van der Waals surface area (Å²) < 4.78 is 42.8. The zero-order chi connectivity index (χ0) is 15.8. The van der Waals surface area contributed by atoms with E-state index in [0.29, 0.717) is 17.1 Å². The van der Waals surface area contributed by atoms with Gasteiger partial charge in [-0.25, -0.2) is 0 Å². The topological polar surface area (TPSA) is 68.3 Å². The summed E-state index contributed by atoms with van der Waals surface area (Å²) in [4.78, 5) is 12.0. The summed E-state index contributed by atoms with van der Waals surface area (Å²) in [6, 6.07) is 4.31. The van der Waals surface area contributed by atoms with E-state index in [4.69, 9.17) is 10.2 Å². The summed E-state index contributed by atoms with van der Waals surface area (Å²) in [6.45, 7) is 3.31. The van der Waals surface area contributed by atoms with Gasteiger partial charge >= 0.3 is 6.18 Å². The Balaban J connectivity index is 2.24. The summed E-state index contributed by atoms with van der Waals surface area (Å²) >= 11 is 0. The molecule has 7 heteroatoms. The first-order chi connectivity index (χ1) is 9.68. The lowest BCUT2D eigenvalue weighted by molar-refractivity contribution is -0.137. The van der Waals surface area contributed by atoms with Gasteiger partial charge in [0.1, 0.15) is 11.5 Å². The Morgan fingerprint density at radius 1 is 1.24 bits per heavy atom. The van der Waals surface area contributed by atoms with Crippen LogP contribution >= 0.6 is 0 Å². The Hall–Kier alpha value is -2.44. The van der Waals surface area contributed by atoms with Gasteiger partial charge in [-0.1, -0.05) is 0 Å². The fraction of sp³-hybridized carbons (Fsp3) is 0.214. The lowest BCUT2D eigenvalue weighted by Crippen LogP contribution is -2.14. The number of alkyl halides is 3. The van der Waals surface area contributed by atoms with Crippen LogP contribution in [0.4, 0.5) is 24.5 Å². The Labute approximate surface area is 118 Å². The highest BCUT2D eigenvalue weighted by Gasteiger charge is 2.31. The van der Waals surface area contributed by atoms with E-state index in [1.165, 1.54) is 0 Å². The molecule has 1 aromatic heterocycles. The molecule has 4 nitrogen and oxygen atoms in total. The molecule has 112 valence electrons. The van der Waals surface area contributed by atoms with Crippen LogP contribution < -0.4 is 11.1 Å². The molecule has 0 atom stereocenters. The molecule has 1 aromatic carbocycles. The number of halogens is 3. The van der Waals surface area contributed by atoms with Crippen LogP contribution in [0.1, 0.15) is 27.4 Å². The van der Waals surface area contributed by atoms with Crippen LogP contribution in [0.5, 0.6) is 0 Å². The van der Waals surface area contributed by atoms with Crippen LogP contribution in [0.25, 0.3) is 0 Å². The van der Waals surface area contributed by atoms with Gasteiger partial charge in [0.25, 0.3) is 5.91 Å². The lowest BCUT2D eigenvalue weighted by Gasteiger charge is -2.11. The number of benzene rings is 1. The number of amides is 1. The van der Waals surface area contributed by atoms with Gasteiger partial charge in [0, 0.05) is 0 Å². The minimum absolute atomic E-state index is 0.117. The molecule has 0 fully saturated rings. The second-order valence-corrected chi connectivity index (χ2v) is 4.58. The fourth-order valence-electron chi connectivity index (χ4n) is 1.90. The predicted molar refractivity (Wildman–Crippen MR) is 72.0 cm³/mol. The van der Waals surface area contributed by atoms with E-state index < -0.39 is 17.6 Å². The molecule has 3 N–H and O–H groups in total. The molecule has 0 aliphatic rings. The van der Waals surface area contributed by atoms with E-state index >= 15 is 0 Å². The highest BCUT2D eigenvalue weighted by molar-refractivity contribution is 6.06. The molecule has 21 heavy (non-hydrogen) atoms. The minimum Gasteiger partial charge on any atom is -0.466 e. The molecule has 0 saturated heterocycles. The number of carbonyl (C=O) groups is 1. The van der Waals surface area contributed by atoms with Crippen LogP contribution in [0, 0.1) is 13.8 Å². The van der Waals surface area contributed by atoms with Crippen LogP contribution in [0.3, 0.4) is 0 Å². The van der Waals surface area contributed by atoms with Crippen LogP contribution in [-0.2, 0) is 6.18 Å². The molecular formula is C14H13F3N2O2. The van der Waals surface area contributed by atoms with Crippen molar-refractivity contribution in [2.75, 3.05) is 11.1 Å². The molecule has 1 amide bonds. The monoisotopic (exact) mass is 298 g/mol. The molecule has 0 aliphatic heterocycles. The molecule has 2 aromatic rings. The van der Waals surface area contributed by atoms with Gasteiger partial charge in [0.05, 0.1) is 22.5 Å². The highest BCUT2D eigenvalue weighted by Crippen LogP contribution is 2.33. The Kier molecular flexibility index (Phi) is 3.67. The maximum atomic E-state index is 12.5. The molecule has 0 radical (unpaired) electrons. The van der Waals surface area contributed by atoms with Crippen molar-refractivity contribution in [3.05, 3.63) is 46.9 Å². The second-order valence-electron chi connectivity index (χ2n) is 4.58. The smallest absolute Gasteiger partial charge is 0.416 e. The van der Waals surface area contributed by atoms with Crippen molar-refractivity contribution in [3.8, 4) is 0 Å². The van der Waals surface area contributed by atoms with Gasteiger partial charge in [-0.15, -0.1) is 0 Å².